The van der Waals surface area contributed by atoms with Gasteiger partial charge in [-0.15, -0.1) is 5.10 Å². The molecule has 6 heteroatoms. The summed E-state index contributed by atoms with van der Waals surface area (Å²) in [6, 6.07) is 10.6. The largest absolute Gasteiger partial charge is 0.316 e. The molecule has 0 spiro atoms. The van der Waals surface area contributed by atoms with E-state index in [9.17, 15) is 0 Å². The molecule has 1 aromatic carbocycles. The fourth-order valence-electron chi connectivity index (χ4n) is 1.92. The summed E-state index contributed by atoms with van der Waals surface area (Å²) < 4.78 is 1.70. The Balaban J connectivity index is 1.57. The highest BCUT2D eigenvalue weighted by atomic mass is 32.2. The zero-order chi connectivity index (χ0) is 14.2. The van der Waals surface area contributed by atoms with Gasteiger partial charge in [-0.3, -0.25) is 0 Å². The first-order chi connectivity index (χ1) is 9.77. The zero-order valence-electron chi connectivity index (χ0n) is 12.0. The third-order valence-corrected chi connectivity index (χ3v) is 4.23. The van der Waals surface area contributed by atoms with Crippen molar-refractivity contribution < 1.29 is 0 Å². The fraction of sp³-hybridized carbons (Fsp3) is 0.500. The molecule has 0 aliphatic heterocycles. The van der Waals surface area contributed by atoms with E-state index in [4.69, 9.17) is 0 Å². The SMILES string of the molecule is C[C@H](CNCCCSc1nnnn1C)c1ccccc1. The molecular weight excluding hydrogens is 270 g/mol. The third kappa shape index (κ3) is 4.61. The van der Waals surface area contributed by atoms with Gasteiger partial charge in [0, 0.05) is 19.3 Å². The highest BCUT2D eigenvalue weighted by Crippen LogP contribution is 2.14. The minimum Gasteiger partial charge on any atom is -0.316 e. The number of aromatic nitrogens is 4. The number of hydrogen-bond donors (Lipinski definition) is 1. The van der Waals surface area contributed by atoms with Crippen LogP contribution in [0.5, 0.6) is 0 Å². The lowest BCUT2D eigenvalue weighted by molar-refractivity contribution is 0.610. The van der Waals surface area contributed by atoms with Gasteiger partial charge in [0.15, 0.2) is 0 Å². The first-order valence-corrected chi connectivity index (χ1v) is 7.86. The lowest BCUT2D eigenvalue weighted by Crippen LogP contribution is -2.21. The van der Waals surface area contributed by atoms with Crippen molar-refractivity contribution in [2.24, 2.45) is 7.05 Å². The van der Waals surface area contributed by atoms with E-state index in [1.165, 1.54) is 5.56 Å². The number of aryl methyl sites for hydroxylation is 1. The van der Waals surface area contributed by atoms with Crippen molar-refractivity contribution in [3.8, 4) is 0 Å². The van der Waals surface area contributed by atoms with Crippen molar-refractivity contribution in [2.45, 2.75) is 24.4 Å². The van der Waals surface area contributed by atoms with Gasteiger partial charge in [-0.1, -0.05) is 49.0 Å². The molecule has 0 unspecified atom stereocenters. The molecule has 5 nitrogen and oxygen atoms in total. The van der Waals surface area contributed by atoms with Crippen LogP contribution in [0.25, 0.3) is 0 Å². The van der Waals surface area contributed by atoms with Crippen molar-refractivity contribution in [3.63, 3.8) is 0 Å². The summed E-state index contributed by atoms with van der Waals surface area (Å²) in [5, 5.41) is 15.8. The maximum absolute atomic E-state index is 3.95. The van der Waals surface area contributed by atoms with Crippen LogP contribution in [0.15, 0.2) is 35.5 Å². The minimum absolute atomic E-state index is 0.548. The Labute approximate surface area is 124 Å². The minimum atomic E-state index is 0.548. The summed E-state index contributed by atoms with van der Waals surface area (Å²) >= 11 is 1.70. The second-order valence-corrected chi connectivity index (χ2v) is 5.87. The lowest BCUT2D eigenvalue weighted by Gasteiger charge is -2.12. The molecular formula is C14H21N5S. The summed E-state index contributed by atoms with van der Waals surface area (Å²) in [6.07, 6.45) is 1.11. The van der Waals surface area contributed by atoms with Crippen LogP contribution >= 0.6 is 11.8 Å². The van der Waals surface area contributed by atoms with Crippen LogP contribution in [0, 0.1) is 0 Å². The first kappa shape index (κ1) is 15.0. The predicted octanol–water partition coefficient (Wildman–Crippen LogP) is 2.09. The van der Waals surface area contributed by atoms with E-state index in [1.807, 2.05) is 7.05 Å². The Morgan fingerprint density at radius 2 is 2.10 bits per heavy atom. The molecule has 1 aromatic heterocycles. The van der Waals surface area contributed by atoms with Gasteiger partial charge in [-0.2, -0.15) is 0 Å². The van der Waals surface area contributed by atoms with Crippen molar-refractivity contribution >= 4 is 11.8 Å². The highest BCUT2D eigenvalue weighted by Gasteiger charge is 2.04. The molecule has 1 heterocycles. The summed E-state index contributed by atoms with van der Waals surface area (Å²) in [5.41, 5.74) is 1.39. The van der Waals surface area contributed by atoms with Crippen LogP contribution in [0.1, 0.15) is 24.8 Å². The third-order valence-electron chi connectivity index (χ3n) is 3.13. The lowest BCUT2D eigenvalue weighted by atomic mass is 10.0. The monoisotopic (exact) mass is 291 g/mol. The van der Waals surface area contributed by atoms with E-state index < -0.39 is 0 Å². The number of hydrogen-bond acceptors (Lipinski definition) is 5. The average Bonchev–Trinajstić information content (AvgIpc) is 2.89. The van der Waals surface area contributed by atoms with Gasteiger partial charge in [-0.25, -0.2) is 4.68 Å². The Bertz CT molecular complexity index is 499. The molecule has 0 bridgehead atoms. The number of thioether (sulfide) groups is 1. The summed E-state index contributed by atoms with van der Waals surface area (Å²) in [5.74, 6) is 1.58. The van der Waals surface area contributed by atoms with E-state index >= 15 is 0 Å². The summed E-state index contributed by atoms with van der Waals surface area (Å²) in [4.78, 5) is 0. The van der Waals surface area contributed by atoms with Crippen LogP contribution in [0.4, 0.5) is 0 Å². The van der Waals surface area contributed by atoms with E-state index in [0.717, 1.165) is 30.4 Å². The average molecular weight is 291 g/mol. The molecule has 0 saturated carbocycles. The van der Waals surface area contributed by atoms with Crippen LogP contribution in [0.3, 0.4) is 0 Å². The van der Waals surface area contributed by atoms with Gasteiger partial charge in [0.05, 0.1) is 0 Å². The molecule has 1 atom stereocenters. The van der Waals surface area contributed by atoms with Gasteiger partial charge in [-0.05, 0) is 34.9 Å². The standard InChI is InChI=1S/C14H21N5S/c1-12(13-7-4-3-5-8-13)11-15-9-6-10-20-14-16-17-18-19(14)2/h3-5,7-8,12,15H,6,9-11H2,1-2H3/t12-/m1/s1. The molecule has 0 aliphatic rings. The first-order valence-electron chi connectivity index (χ1n) is 6.88. The molecule has 0 amide bonds. The predicted molar refractivity (Wildman–Crippen MR) is 81.9 cm³/mol. The molecule has 1 N–H and O–H groups in total. The molecule has 0 aliphatic carbocycles. The molecule has 2 rings (SSSR count). The fourth-order valence-corrected chi connectivity index (χ4v) is 2.71. The van der Waals surface area contributed by atoms with Crippen molar-refractivity contribution in [1.82, 2.24) is 25.5 Å². The quantitative estimate of drug-likeness (QED) is 0.596. The van der Waals surface area contributed by atoms with Crippen LogP contribution < -0.4 is 5.32 Å². The zero-order valence-corrected chi connectivity index (χ0v) is 12.8. The Hall–Kier alpha value is -1.40. The number of benzene rings is 1. The highest BCUT2D eigenvalue weighted by molar-refractivity contribution is 7.99. The Morgan fingerprint density at radius 1 is 1.30 bits per heavy atom. The van der Waals surface area contributed by atoms with E-state index in [2.05, 4.69) is 58.1 Å². The van der Waals surface area contributed by atoms with Crippen molar-refractivity contribution in [1.29, 1.82) is 0 Å². The van der Waals surface area contributed by atoms with Gasteiger partial charge in [0.2, 0.25) is 5.16 Å². The van der Waals surface area contributed by atoms with Gasteiger partial charge in [0.25, 0.3) is 0 Å². The number of tetrazole rings is 1. The second kappa shape index (κ2) is 8.01. The number of rotatable bonds is 8. The van der Waals surface area contributed by atoms with Crippen LogP contribution in [0.2, 0.25) is 0 Å². The molecule has 108 valence electrons. The summed E-state index contributed by atoms with van der Waals surface area (Å²) in [7, 11) is 1.86. The molecule has 0 radical (unpaired) electrons. The number of nitrogens with zero attached hydrogens (tertiary/aromatic N) is 4. The molecule has 20 heavy (non-hydrogen) atoms. The Kier molecular flexibility index (Phi) is 6.01. The molecule has 0 saturated heterocycles. The van der Waals surface area contributed by atoms with Gasteiger partial charge in [0.1, 0.15) is 0 Å². The van der Waals surface area contributed by atoms with Crippen molar-refractivity contribution in [2.75, 3.05) is 18.8 Å². The van der Waals surface area contributed by atoms with Crippen LogP contribution in [-0.4, -0.2) is 39.0 Å². The van der Waals surface area contributed by atoms with Crippen LogP contribution in [-0.2, 0) is 7.05 Å². The normalized spacial score (nSPS) is 12.5. The van der Waals surface area contributed by atoms with E-state index in [0.29, 0.717) is 5.92 Å². The Morgan fingerprint density at radius 3 is 2.80 bits per heavy atom. The molecule has 2 aromatic rings. The topological polar surface area (TPSA) is 55.6 Å². The van der Waals surface area contributed by atoms with E-state index in [1.54, 1.807) is 16.4 Å². The number of nitrogens with one attached hydrogen (secondary N) is 1. The summed E-state index contributed by atoms with van der Waals surface area (Å²) in [6.45, 7) is 4.29. The van der Waals surface area contributed by atoms with E-state index in [-0.39, 0.29) is 0 Å². The van der Waals surface area contributed by atoms with Gasteiger partial charge < -0.3 is 5.32 Å². The maximum Gasteiger partial charge on any atom is 0.209 e. The van der Waals surface area contributed by atoms with Crippen molar-refractivity contribution in [3.05, 3.63) is 35.9 Å². The smallest absolute Gasteiger partial charge is 0.209 e. The second-order valence-electron chi connectivity index (χ2n) is 4.80. The van der Waals surface area contributed by atoms with Gasteiger partial charge >= 0.3 is 0 Å². The maximum atomic E-state index is 3.95. The molecule has 0 fully saturated rings.